The molecule has 0 spiro atoms. The zero-order valence-corrected chi connectivity index (χ0v) is 20.6. The van der Waals surface area contributed by atoms with Gasteiger partial charge in [-0.25, -0.2) is 0 Å². The van der Waals surface area contributed by atoms with E-state index in [4.69, 9.17) is 9.47 Å². The van der Waals surface area contributed by atoms with Crippen molar-refractivity contribution in [3.63, 3.8) is 0 Å². The highest BCUT2D eigenvalue weighted by Gasteiger charge is 2.42. The Balaban J connectivity index is 1.73. The molecule has 1 atom stereocenters. The average Bonchev–Trinajstić information content (AvgIpc) is 3.05. The van der Waals surface area contributed by atoms with E-state index in [0.29, 0.717) is 19.1 Å². The highest BCUT2D eigenvalue weighted by Crippen LogP contribution is 2.47. The van der Waals surface area contributed by atoms with E-state index < -0.39 is 8.07 Å². The molecular formula is C28H38O2Si. The Morgan fingerprint density at radius 2 is 1.39 bits per heavy atom. The molecule has 31 heavy (non-hydrogen) atoms. The van der Waals surface area contributed by atoms with Crippen LogP contribution in [0.25, 0.3) is 0 Å². The van der Waals surface area contributed by atoms with Crippen LogP contribution in [0.3, 0.4) is 0 Å². The van der Waals surface area contributed by atoms with Gasteiger partial charge in [0, 0.05) is 5.41 Å². The molecule has 2 nitrogen and oxygen atoms in total. The average molecular weight is 435 g/mol. The summed E-state index contributed by atoms with van der Waals surface area (Å²) in [6, 6.07) is 20.9. The van der Waals surface area contributed by atoms with Gasteiger partial charge in [0.05, 0.1) is 34.5 Å². The predicted molar refractivity (Wildman–Crippen MR) is 134 cm³/mol. The van der Waals surface area contributed by atoms with E-state index in [1.807, 2.05) is 0 Å². The van der Waals surface area contributed by atoms with Crippen LogP contribution in [0.4, 0.5) is 0 Å². The maximum absolute atomic E-state index is 6.29. The topological polar surface area (TPSA) is 18.5 Å². The Morgan fingerprint density at radius 1 is 0.871 bits per heavy atom. The molecule has 0 heterocycles. The lowest BCUT2D eigenvalue weighted by atomic mass is 9.87. The molecule has 2 aromatic rings. The Labute approximate surface area is 190 Å². The molecule has 0 N–H and O–H groups in total. The standard InChI is InChI=1S/C28H38O2Si/c1-5-12-26-17-28(18-27(26)21-31(2,3)4,22-29-19-24-13-8-6-9-14-24)23-30-20-25-15-10-7-11-16-25/h5-16,21,26H,17-20,22-23H2,1-4H3/b12-5+,27-21+. The van der Waals surface area contributed by atoms with Gasteiger partial charge in [0.25, 0.3) is 0 Å². The molecular weight excluding hydrogens is 396 g/mol. The van der Waals surface area contributed by atoms with E-state index in [1.54, 1.807) is 5.57 Å². The normalized spacial score (nSPS) is 20.0. The molecule has 0 aliphatic heterocycles. The summed E-state index contributed by atoms with van der Waals surface area (Å²) in [5, 5.41) is 0. The Hall–Kier alpha value is -1.94. The molecule has 1 aliphatic rings. The third kappa shape index (κ3) is 7.60. The number of hydrogen-bond acceptors (Lipinski definition) is 2. The lowest BCUT2D eigenvalue weighted by Crippen LogP contribution is -2.30. The van der Waals surface area contributed by atoms with Crippen molar-refractivity contribution in [1.29, 1.82) is 0 Å². The second-order valence-corrected chi connectivity index (χ2v) is 15.1. The van der Waals surface area contributed by atoms with Crippen molar-refractivity contribution in [2.75, 3.05) is 13.2 Å². The van der Waals surface area contributed by atoms with Crippen molar-refractivity contribution in [3.8, 4) is 0 Å². The number of ether oxygens (including phenoxy) is 2. The number of hydrogen-bond donors (Lipinski definition) is 0. The fourth-order valence-corrected chi connectivity index (χ4v) is 5.98. The summed E-state index contributed by atoms with van der Waals surface area (Å²) < 4.78 is 12.6. The molecule has 2 aromatic carbocycles. The van der Waals surface area contributed by atoms with Crippen molar-refractivity contribution in [3.05, 3.63) is 95.2 Å². The van der Waals surface area contributed by atoms with Crippen molar-refractivity contribution < 1.29 is 9.47 Å². The third-order valence-electron chi connectivity index (χ3n) is 5.79. The fourth-order valence-electron chi connectivity index (χ4n) is 4.55. The van der Waals surface area contributed by atoms with Crippen molar-refractivity contribution >= 4 is 8.07 Å². The second kappa shape index (κ2) is 11.1. The minimum Gasteiger partial charge on any atom is -0.376 e. The summed E-state index contributed by atoms with van der Waals surface area (Å²) in [5.41, 5.74) is 6.67. The quantitative estimate of drug-likeness (QED) is 0.291. The number of allylic oxidation sites excluding steroid dienone is 3. The van der Waals surface area contributed by atoms with E-state index in [-0.39, 0.29) is 5.41 Å². The van der Waals surface area contributed by atoms with E-state index in [1.165, 1.54) is 11.1 Å². The third-order valence-corrected chi connectivity index (χ3v) is 7.03. The maximum Gasteiger partial charge on any atom is 0.0717 e. The summed E-state index contributed by atoms with van der Waals surface area (Å²) in [6.07, 6.45) is 6.74. The largest absolute Gasteiger partial charge is 0.376 e. The van der Waals surface area contributed by atoms with Crippen LogP contribution in [0.1, 0.15) is 30.9 Å². The van der Waals surface area contributed by atoms with Crippen LogP contribution in [0, 0.1) is 11.3 Å². The molecule has 0 bridgehead atoms. The predicted octanol–water partition coefficient (Wildman–Crippen LogP) is 7.20. The molecule has 1 unspecified atom stereocenters. The van der Waals surface area contributed by atoms with E-state index in [0.717, 1.165) is 26.1 Å². The van der Waals surface area contributed by atoms with Crippen LogP contribution in [-0.4, -0.2) is 21.3 Å². The monoisotopic (exact) mass is 434 g/mol. The maximum atomic E-state index is 6.29. The summed E-state index contributed by atoms with van der Waals surface area (Å²) in [4.78, 5) is 0. The molecule has 166 valence electrons. The van der Waals surface area contributed by atoms with Crippen molar-refractivity contribution in [1.82, 2.24) is 0 Å². The molecule has 3 rings (SSSR count). The SMILES string of the molecule is C/C=C/C1CC(COCc2ccccc2)(COCc2ccccc2)C/C1=C\[Si](C)(C)C. The van der Waals surface area contributed by atoms with Gasteiger partial charge in [-0.05, 0) is 36.8 Å². The minimum atomic E-state index is -1.30. The summed E-state index contributed by atoms with van der Waals surface area (Å²) in [5.74, 6) is 0.498. The summed E-state index contributed by atoms with van der Waals surface area (Å²) in [6.45, 7) is 12.2. The molecule has 1 fully saturated rings. The molecule has 3 heteroatoms. The second-order valence-electron chi connectivity index (χ2n) is 10.1. The Kier molecular flexibility index (Phi) is 8.48. The lowest BCUT2D eigenvalue weighted by molar-refractivity contribution is -0.0298. The molecule has 1 saturated carbocycles. The van der Waals surface area contributed by atoms with E-state index in [9.17, 15) is 0 Å². The molecule has 0 radical (unpaired) electrons. The first-order valence-corrected chi connectivity index (χ1v) is 15.0. The Bertz CT molecular complexity index is 804. The van der Waals surface area contributed by atoms with Gasteiger partial charge >= 0.3 is 0 Å². The molecule has 0 aromatic heterocycles. The van der Waals surface area contributed by atoms with Crippen molar-refractivity contribution in [2.45, 2.75) is 52.6 Å². The molecule has 0 saturated heterocycles. The van der Waals surface area contributed by atoms with Gasteiger partial charge in [0.2, 0.25) is 0 Å². The first kappa shape index (κ1) is 23.7. The number of benzene rings is 2. The van der Waals surface area contributed by atoms with Crippen LogP contribution < -0.4 is 0 Å². The minimum absolute atomic E-state index is 0.0270. The van der Waals surface area contributed by atoms with Crippen LogP contribution in [0.2, 0.25) is 19.6 Å². The van der Waals surface area contributed by atoms with Crippen LogP contribution in [0.15, 0.2) is 84.1 Å². The first-order valence-electron chi connectivity index (χ1n) is 11.5. The Morgan fingerprint density at radius 3 is 1.84 bits per heavy atom. The molecule has 0 amide bonds. The summed E-state index contributed by atoms with van der Waals surface area (Å²) in [7, 11) is -1.30. The first-order chi connectivity index (χ1) is 14.9. The van der Waals surface area contributed by atoms with Crippen molar-refractivity contribution in [2.24, 2.45) is 11.3 Å². The van der Waals surface area contributed by atoms with Crippen LogP contribution in [-0.2, 0) is 22.7 Å². The highest BCUT2D eigenvalue weighted by atomic mass is 28.3. The number of rotatable bonds is 10. The zero-order chi connectivity index (χ0) is 22.2. The summed E-state index contributed by atoms with van der Waals surface area (Å²) >= 11 is 0. The van der Waals surface area contributed by atoms with E-state index >= 15 is 0 Å². The van der Waals surface area contributed by atoms with Gasteiger partial charge < -0.3 is 9.47 Å². The zero-order valence-electron chi connectivity index (χ0n) is 19.6. The van der Waals surface area contributed by atoms with Crippen LogP contribution in [0.5, 0.6) is 0 Å². The lowest BCUT2D eigenvalue weighted by Gasteiger charge is -2.29. The van der Waals surface area contributed by atoms with Gasteiger partial charge in [-0.15, -0.1) is 0 Å². The highest BCUT2D eigenvalue weighted by molar-refractivity contribution is 6.81. The van der Waals surface area contributed by atoms with Gasteiger partial charge in [0.1, 0.15) is 0 Å². The van der Waals surface area contributed by atoms with Crippen LogP contribution >= 0.6 is 0 Å². The van der Waals surface area contributed by atoms with Gasteiger partial charge in [0.15, 0.2) is 0 Å². The van der Waals surface area contributed by atoms with Gasteiger partial charge in [-0.3, -0.25) is 0 Å². The molecule has 1 aliphatic carbocycles. The fraction of sp³-hybridized carbons (Fsp3) is 0.429. The van der Waals surface area contributed by atoms with Gasteiger partial charge in [-0.2, -0.15) is 0 Å². The van der Waals surface area contributed by atoms with E-state index in [2.05, 4.69) is 105 Å². The van der Waals surface area contributed by atoms with Gasteiger partial charge in [-0.1, -0.05) is 104 Å². The smallest absolute Gasteiger partial charge is 0.0717 e.